The number of H-pyrrole nitrogens is 1. The van der Waals surface area contributed by atoms with Crippen LogP contribution < -0.4 is 0 Å². The molecule has 68 valence electrons. The van der Waals surface area contributed by atoms with Crippen LogP contribution in [0.4, 0.5) is 0 Å². The van der Waals surface area contributed by atoms with Crippen molar-refractivity contribution in [3.63, 3.8) is 0 Å². The molecule has 0 atom stereocenters. The maximum absolute atomic E-state index is 5.90. The Morgan fingerprint density at radius 2 is 2.08 bits per heavy atom. The topological polar surface area (TPSA) is 28.9 Å². The van der Waals surface area contributed by atoms with Gasteiger partial charge in [0, 0.05) is 0 Å². The molecule has 2 rings (SSSR count). The van der Waals surface area contributed by atoms with Gasteiger partial charge in [-0.15, -0.1) is 0 Å². The van der Waals surface area contributed by atoms with Crippen LogP contribution in [0.15, 0.2) is 15.0 Å². The van der Waals surface area contributed by atoms with Crippen LogP contribution in [0, 0.1) is 4.84 Å². The fourth-order valence-electron chi connectivity index (χ4n) is 1.01. The summed E-state index contributed by atoms with van der Waals surface area (Å²) in [4.78, 5) is 3.10. The van der Waals surface area contributed by atoms with Crippen molar-refractivity contribution in [3.05, 3.63) is 25.4 Å². The molecule has 0 saturated heterocycles. The van der Waals surface area contributed by atoms with E-state index in [1.807, 2.05) is 0 Å². The van der Waals surface area contributed by atoms with Crippen molar-refractivity contribution in [2.45, 2.75) is 0 Å². The molecule has 1 N–H and O–H groups in total. The van der Waals surface area contributed by atoms with E-state index in [1.54, 1.807) is 6.07 Å². The summed E-state index contributed by atoms with van der Waals surface area (Å²) in [6, 6.07) is 1.62. The Labute approximate surface area is 97.0 Å². The lowest BCUT2D eigenvalue weighted by Gasteiger charge is -1.97. The molecule has 0 radical (unpaired) electrons. The van der Waals surface area contributed by atoms with Gasteiger partial charge in [0.1, 0.15) is 5.52 Å². The van der Waals surface area contributed by atoms with E-state index >= 15 is 0 Å². The second kappa shape index (κ2) is 3.28. The van der Waals surface area contributed by atoms with Crippen molar-refractivity contribution in [1.82, 2.24) is 4.98 Å². The monoisotopic (exact) mass is 297 g/mol. The quantitative estimate of drug-likeness (QED) is 0.570. The van der Waals surface area contributed by atoms with Crippen LogP contribution in [-0.4, -0.2) is 4.98 Å². The average Bonchev–Trinajstić information content (AvgIpc) is 2.44. The zero-order valence-corrected chi connectivity index (χ0v) is 9.94. The molecule has 0 aliphatic heterocycles. The smallest absolute Gasteiger partial charge is 0.266 e. The number of halogens is 3. The van der Waals surface area contributed by atoms with Crippen LogP contribution >= 0.6 is 51.3 Å². The van der Waals surface area contributed by atoms with Crippen molar-refractivity contribution < 1.29 is 4.42 Å². The van der Waals surface area contributed by atoms with Crippen molar-refractivity contribution in [3.8, 4) is 0 Å². The number of benzene rings is 1. The van der Waals surface area contributed by atoms with E-state index in [0.717, 1.165) is 0 Å². The summed E-state index contributed by atoms with van der Waals surface area (Å²) in [5.74, 6) is 0. The number of hydrogen-bond donors (Lipinski definition) is 1. The third-order valence-corrected chi connectivity index (χ3v) is 3.35. The third-order valence-electron chi connectivity index (χ3n) is 1.55. The first-order valence-corrected chi connectivity index (χ1v) is 5.21. The Hall–Kier alpha value is -0.0300. The minimum atomic E-state index is 0.278. The Balaban J connectivity index is 3.04. The Morgan fingerprint density at radius 3 is 2.77 bits per heavy atom. The number of rotatable bonds is 0. The van der Waals surface area contributed by atoms with Gasteiger partial charge in [0.15, 0.2) is 5.58 Å². The van der Waals surface area contributed by atoms with Crippen LogP contribution in [0.3, 0.4) is 0 Å². The number of oxazole rings is 1. The Morgan fingerprint density at radius 1 is 1.38 bits per heavy atom. The van der Waals surface area contributed by atoms with Crippen molar-refractivity contribution in [2.75, 3.05) is 0 Å². The van der Waals surface area contributed by atoms with Gasteiger partial charge < -0.3 is 9.40 Å². The highest BCUT2D eigenvalue weighted by Crippen LogP contribution is 2.35. The maximum atomic E-state index is 5.90. The lowest BCUT2D eigenvalue weighted by molar-refractivity contribution is 0.582. The number of hydrogen-bond acceptors (Lipinski definition) is 2. The van der Waals surface area contributed by atoms with Gasteiger partial charge in [0.05, 0.1) is 14.5 Å². The molecule has 0 spiro atoms. The predicted octanol–water partition coefficient (Wildman–Crippen LogP) is 4.56. The minimum absolute atomic E-state index is 0.278. The first-order valence-electron chi connectivity index (χ1n) is 3.26. The molecular weight excluding hydrogens is 297 g/mol. The molecule has 1 aromatic carbocycles. The van der Waals surface area contributed by atoms with Gasteiger partial charge in [0.2, 0.25) is 0 Å². The van der Waals surface area contributed by atoms with E-state index in [1.165, 1.54) is 0 Å². The molecule has 2 aromatic rings. The van der Waals surface area contributed by atoms with E-state index in [-0.39, 0.29) is 4.84 Å². The van der Waals surface area contributed by atoms with Gasteiger partial charge in [-0.3, -0.25) is 0 Å². The van der Waals surface area contributed by atoms with E-state index < -0.39 is 0 Å². The summed E-state index contributed by atoms with van der Waals surface area (Å²) in [5.41, 5.74) is 1.20. The predicted molar refractivity (Wildman–Crippen MR) is 59.1 cm³/mol. The second-order valence-electron chi connectivity index (χ2n) is 2.37. The molecule has 1 heterocycles. The van der Waals surface area contributed by atoms with Gasteiger partial charge in [-0.25, -0.2) is 0 Å². The molecular formula is C7H2BrCl2NOS. The fourth-order valence-corrected chi connectivity index (χ4v) is 2.08. The normalized spacial score (nSPS) is 11.0. The molecule has 0 amide bonds. The Kier molecular flexibility index (Phi) is 2.40. The van der Waals surface area contributed by atoms with E-state index in [4.69, 9.17) is 39.8 Å². The van der Waals surface area contributed by atoms with Crippen molar-refractivity contribution in [1.29, 1.82) is 0 Å². The fraction of sp³-hybridized carbons (Fsp3) is 0. The third kappa shape index (κ3) is 1.52. The summed E-state index contributed by atoms with van der Waals surface area (Å²) in [6.45, 7) is 0. The van der Waals surface area contributed by atoms with Crippen molar-refractivity contribution in [2.24, 2.45) is 0 Å². The molecule has 0 fully saturated rings. The van der Waals surface area contributed by atoms with Gasteiger partial charge in [-0.05, 0) is 34.2 Å². The zero-order valence-electron chi connectivity index (χ0n) is 6.03. The largest absolute Gasteiger partial charge is 0.428 e. The van der Waals surface area contributed by atoms with Crippen LogP contribution in [0.5, 0.6) is 0 Å². The standard InChI is InChI=1S/C7H2BrCl2NOS/c8-4-2(9)1-3(10)5-6(4)12-7(13)11-5/h1H,(H,11,13). The lowest BCUT2D eigenvalue weighted by Crippen LogP contribution is -1.74. The average molecular weight is 299 g/mol. The summed E-state index contributed by atoms with van der Waals surface area (Å²) in [6.07, 6.45) is 0. The molecule has 0 aliphatic rings. The number of aromatic nitrogens is 1. The SMILES string of the molecule is S=c1[nH]c2c(Cl)cc(Cl)c(Br)c2o1. The maximum Gasteiger partial charge on any atom is 0.266 e. The summed E-state index contributed by atoms with van der Waals surface area (Å²) in [5, 5.41) is 0.985. The van der Waals surface area contributed by atoms with Crippen LogP contribution in [0.2, 0.25) is 10.0 Å². The second-order valence-corrected chi connectivity index (χ2v) is 4.35. The molecule has 6 heteroatoms. The molecule has 0 saturated carbocycles. The van der Waals surface area contributed by atoms with E-state index in [9.17, 15) is 0 Å². The molecule has 13 heavy (non-hydrogen) atoms. The summed E-state index contributed by atoms with van der Waals surface area (Å²) >= 11 is 19.9. The molecule has 1 aromatic heterocycles. The van der Waals surface area contributed by atoms with E-state index in [0.29, 0.717) is 25.6 Å². The van der Waals surface area contributed by atoms with Gasteiger partial charge in [-0.1, -0.05) is 23.2 Å². The highest BCUT2D eigenvalue weighted by molar-refractivity contribution is 9.10. The molecule has 0 aliphatic carbocycles. The highest BCUT2D eigenvalue weighted by atomic mass is 79.9. The van der Waals surface area contributed by atoms with Gasteiger partial charge >= 0.3 is 0 Å². The molecule has 0 unspecified atom stereocenters. The van der Waals surface area contributed by atoms with E-state index in [2.05, 4.69) is 20.9 Å². The van der Waals surface area contributed by atoms with Gasteiger partial charge in [-0.2, -0.15) is 0 Å². The number of nitrogens with one attached hydrogen (secondary N) is 1. The van der Waals surface area contributed by atoms with Gasteiger partial charge in [0.25, 0.3) is 4.84 Å². The number of fused-ring (bicyclic) bond motifs is 1. The summed E-state index contributed by atoms with van der Waals surface area (Å²) < 4.78 is 5.86. The van der Waals surface area contributed by atoms with Crippen molar-refractivity contribution >= 4 is 62.4 Å². The molecule has 0 bridgehead atoms. The first-order chi connectivity index (χ1) is 6.09. The van der Waals surface area contributed by atoms with Crippen LogP contribution in [0.25, 0.3) is 11.1 Å². The molecule has 2 nitrogen and oxygen atoms in total. The number of aromatic amines is 1. The van der Waals surface area contributed by atoms with Crippen LogP contribution in [0.1, 0.15) is 0 Å². The first kappa shape index (κ1) is 9.52. The highest BCUT2D eigenvalue weighted by Gasteiger charge is 2.11. The lowest BCUT2D eigenvalue weighted by atomic mass is 10.3. The zero-order chi connectivity index (χ0) is 9.59. The minimum Gasteiger partial charge on any atom is -0.428 e. The van der Waals surface area contributed by atoms with Crippen LogP contribution in [-0.2, 0) is 0 Å². The summed E-state index contributed by atoms with van der Waals surface area (Å²) in [7, 11) is 0. The Bertz CT molecular complexity index is 533.